The van der Waals surface area contributed by atoms with Gasteiger partial charge in [-0.15, -0.1) is 0 Å². The fourth-order valence-corrected chi connectivity index (χ4v) is 2.65. The summed E-state index contributed by atoms with van der Waals surface area (Å²) in [4.78, 5) is 4.28. The third-order valence-electron chi connectivity index (χ3n) is 3.08. The molecule has 2 aromatic carbocycles. The number of ether oxygens (including phenoxy) is 1. The van der Waals surface area contributed by atoms with E-state index in [4.69, 9.17) is 16.3 Å². The molecule has 3 rings (SSSR count). The van der Waals surface area contributed by atoms with Gasteiger partial charge in [0.05, 0.1) is 12.1 Å². The molecule has 0 saturated heterocycles. The summed E-state index contributed by atoms with van der Waals surface area (Å²) in [5, 5.41) is 10.9. The van der Waals surface area contributed by atoms with Crippen LogP contribution in [-0.4, -0.2) is 10.1 Å². The Morgan fingerprint density at radius 1 is 1.10 bits per heavy atom. The highest BCUT2D eigenvalue weighted by atomic mass is 79.9. The van der Waals surface area contributed by atoms with Gasteiger partial charge in [-0.25, -0.2) is 0 Å². The lowest BCUT2D eigenvalue weighted by molar-refractivity contribution is 0.276. The average molecular weight is 365 g/mol. The van der Waals surface area contributed by atoms with Crippen LogP contribution < -0.4 is 4.74 Å². The molecule has 0 atom stereocenters. The number of halogens is 2. The molecule has 0 spiro atoms. The lowest BCUT2D eigenvalue weighted by Crippen LogP contribution is -1.93. The van der Waals surface area contributed by atoms with Crippen LogP contribution in [0.4, 0.5) is 0 Å². The second-order valence-corrected chi connectivity index (χ2v) is 5.83. The van der Waals surface area contributed by atoms with Gasteiger partial charge in [0.15, 0.2) is 0 Å². The Kier molecular flexibility index (Phi) is 4.10. The maximum atomic E-state index is 9.44. The minimum atomic E-state index is -0.0936. The highest BCUT2D eigenvalue weighted by molar-refractivity contribution is 9.10. The van der Waals surface area contributed by atoms with Crippen LogP contribution in [0.15, 0.2) is 53.1 Å². The maximum Gasteiger partial charge on any atom is 0.138 e. The number of hydrogen-bond donors (Lipinski definition) is 1. The van der Waals surface area contributed by atoms with Gasteiger partial charge in [-0.05, 0) is 42.5 Å². The van der Waals surface area contributed by atoms with E-state index in [0.717, 1.165) is 15.4 Å². The largest absolute Gasteiger partial charge is 0.456 e. The zero-order chi connectivity index (χ0) is 14.8. The quantitative estimate of drug-likeness (QED) is 0.716. The van der Waals surface area contributed by atoms with Crippen molar-refractivity contribution in [3.63, 3.8) is 0 Å². The van der Waals surface area contributed by atoms with Gasteiger partial charge >= 0.3 is 0 Å². The maximum absolute atomic E-state index is 9.44. The monoisotopic (exact) mass is 363 g/mol. The van der Waals surface area contributed by atoms with Crippen molar-refractivity contribution in [1.82, 2.24) is 4.98 Å². The summed E-state index contributed by atoms with van der Waals surface area (Å²) >= 11 is 9.36. The second-order valence-electron chi connectivity index (χ2n) is 4.48. The zero-order valence-electron chi connectivity index (χ0n) is 10.9. The minimum Gasteiger partial charge on any atom is -0.456 e. The smallest absolute Gasteiger partial charge is 0.138 e. The van der Waals surface area contributed by atoms with Crippen molar-refractivity contribution >= 4 is 38.4 Å². The van der Waals surface area contributed by atoms with Crippen LogP contribution in [0.25, 0.3) is 10.9 Å². The molecule has 106 valence electrons. The Balaban J connectivity index is 2.06. The molecule has 1 aromatic heterocycles. The van der Waals surface area contributed by atoms with E-state index in [0.29, 0.717) is 22.1 Å². The Bertz CT molecular complexity index is 807. The van der Waals surface area contributed by atoms with Gasteiger partial charge < -0.3 is 9.84 Å². The molecular formula is C16H11BrClNO2. The summed E-state index contributed by atoms with van der Waals surface area (Å²) in [6.45, 7) is -0.0936. The molecule has 3 aromatic rings. The van der Waals surface area contributed by atoms with Crippen molar-refractivity contribution in [3.05, 3.63) is 63.7 Å². The number of benzene rings is 2. The number of hydrogen-bond acceptors (Lipinski definition) is 3. The highest BCUT2D eigenvalue weighted by Crippen LogP contribution is 2.33. The lowest BCUT2D eigenvalue weighted by Gasteiger charge is -2.12. The van der Waals surface area contributed by atoms with E-state index in [1.165, 1.54) is 0 Å². The normalized spacial score (nSPS) is 10.8. The molecule has 5 heteroatoms. The number of pyridine rings is 1. The predicted molar refractivity (Wildman–Crippen MR) is 86.9 cm³/mol. The third-order valence-corrected chi connectivity index (χ3v) is 3.81. The average Bonchev–Trinajstić information content (AvgIpc) is 2.49. The molecule has 0 fully saturated rings. The Hall–Kier alpha value is -1.62. The standard InChI is InChI=1S/C16H11BrClNO2/c17-11-1-4-15(10(7-11)9-20)21-16-5-6-19-14-8-12(18)2-3-13(14)16/h1-8,20H,9H2. The molecule has 0 bridgehead atoms. The number of fused-ring (bicyclic) bond motifs is 1. The van der Waals surface area contributed by atoms with Gasteiger partial charge in [-0.2, -0.15) is 0 Å². The predicted octanol–water partition coefficient (Wildman–Crippen LogP) is 4.94. The van der Waals surface area contributed by atoms with Gasteiger partial charge in [-0.3, -0.25) is 4.98 Å². The molecule has 0 radical (unpaired) electrons. The van der Waals surface area contributed by atoms with Crippen LogP contribution in [0.3, 0.4) is 0 Å². The lowest BCUT2D eigenvalue weighted by atomic mass is 10.2. The number of aliphatic hydroxyl groups excluding tert-OH is 1. The molecule has 0 aliphatic rings. The first kappa shape index (κ1) is 14.3. The van der Waals surface area contributed by atoms with Gasteiger partial charge in [-0.1, -0.05) is 27.5 Å². The first-order chi connectivity index (χ1) is 10.2. The van der Waals surface area contributed by atoms with Crippen LogP contribution in [-0.2, 0) is 6.61 Å². The Labute approximate surface area is 135 Å². The summed E-state index contributed by atoms with van der Waals surface area (Å²) in [5.74, 6) is 1.29. The first-order valence-corrected chi connectivity index (χ1v) is 7.46. The number of aliphatic hydroxyl groups is 1. The first-order valence-electron chi connectivity index (χ1n) is 6.29. The molecule has 3 nitrogen and oxygen atoms in total. The number of rotatable bonds is 3. The van der Waals surface area contributed by atoms with E-state index in [1.807, 2.05) is 24.3 Å². The van der Waals surface area contributed by atoms with Crippen molar-refractivity contribution < 1.29 is 9.84 Å². The minimum absolute atomic E-state index is 0.0936. The van der Waals surface area contributed by atoms with Crippen LogP contribution in [0.1, 0.15) is 5.56 Å². The fraction of sp³-hybridized carbons (Fsp3) is 0.0625. The molecule has 1 N–H and O–H groups in total. The molecule has 0 aliphatic carbocycles. The highest BCUT2D eigenvalue weighted by Gasteiger charge is 2.08. The van der Waals surface area contributed by atoms with Gasteiger partial charge in [0.25, 0.3) is 0 Å². The molecular weight excluding hydrogens is 354 g/mol. The summed E-state index contributed by atoms with van der Waals surface area (Å²) in [6.07, 6.45) is 1.67. The third kappa shape index (κ3) is 3.02. The summed E-state index contributed by atoms with van der Waals surface area (Å²) in [7, 11) is 0. The summed E-state index contributed by atoms with van der Waals surface area (Å²) in [6, 6.07) is 12.8. The van der Waals surface area contributed by atoms with Gasteiger partial charge in [0, 0.05) is 26.6 Å². The van der Waals surface area contributed by atoms with Crippen LogP contribution in [0.2, 0.25) is 5.02 Å². The molecule has 0 unspecified atom stereocenters. The van der Waals surface area contributed by atoms with E-state index < -0.39 is 0 Å². The Morgan fingerprint density at radius 2 is 1.95 bits per heavy atom. The fourth-order valence-electron chi connectivity index (χ4n) is 2.07. The van der Waals surface area contributed by atoms with Crippen LogP contribution in [0, 0.1) is 0 Å². The van der Waals surface area contributed by atoms with Gasteiger partial charge in [0.1, 0.15) is 11.5 Å². The molecule has 1 heterocycles. The summed E-state index contributed by atoms with van der Waals surface area (Å²) < 4.78 is 6.84. The SMILES string of the molecule is OCc1cc(Br)ccc1Oc1ccnc2cc(Cl)ccc12. The van der Waals surface area contributed by atoms with E-state index >= 15 is 0 Å². The van der Waals surface area contributed by atoms with Crippen LogP contribution >= 0.6 is 27.5 Å². The van der Waals surface area contributed by atoms with Crippen molar-refractivity contribution in [2.45, 2.75) is 6.61 Å². The van der Waals surface area contributed by atoms with E-state index in [1.54, 1.807) is 24.4 Å². The van der Waals surface area contributed by atoms with E-state index in [2.05, 4.69) is 20.9 Å². The zero-order valence-corrected chi connectivity index (χ0v) is 13.2. The van der Waals surface area contributed by atoms with E-state index in [-0.39, 0.29) is 6.61 Å². The molecule has 0 amide bonds. The number of aromatic nitrogens is 1. The van der Waals surface area contributed by atoms with Crippen molar-refractivity contribution in [1.29, 1.82) is 0 Å². The molecule has 0 aliphatic heterocycles. The Morgan fingerprint density at radius 3 is 2.76 bits per heavy atom. The van der Waals surface area contributed by atoms with Crippen molar-refractivity contribution in [2.24, 2.45) is 0 Å². The molecule has 0 saturated carbocycles. The molecule has 21 heavy (non-hydrogen) atoms. The number of nitrogens with zero attached hydrogens (tertiary/aromatic N) is 1. The van der Waals surface area contributed by atoms with E-state index in [9.17, 15) is 5.11 Å². The topological polar surface area (TPSA) is 42.4 Å². The van der Waals surface area contributed by atoms with Gasteiger partial charge in [0.2, 0.25) is 0 Å². The van der Waals surface area contributed by atoms with Crippen molar-refractivity contribution in [2.75, 3.05) is 0 Å². The van der Waals surface area contributed by atoms with Crippen LogP contribution in [0.5, 0.6) is 11.5 Å². The van der Waals surface area contributed by atoms with Crippen molar-refractivity contribution in [3.8, 4) is 11.5 Å². The summed E-state index contributed by atoms with van der Waals surface area (Å²) in [5.41, 5.74) is 1.48. The second kappa shape index (κ2) is 6.02.